The molecule has 2 heteroatoms. The Morgan fingerprint density at radius 3 is 1.88 bits per heavy atom. The lowest BCUT2D eigenvalue weighted by molar-refractivity contribution is -0.533. The highest BCUT2D eigenvalue weighted by Gasteiger charge is 2.31. The molecule has 0 bridgehead atoms. The van der Waals surface area contributed by atoms with Crippen molar-refractivity contribution in [2.24, 2.45) is 0 Å². The Hall–Kier alpha value is -2.87. The van der Waals surface area contributed by atoms with Crippen LogP contribution in [-0.2, 0) is 13.1 Å². The molecule has 0 radical (unpaired) electrons. The summed E-state index contributed by atoms with van der Waals surface area (Å²) in [5, 5.41) is 0. The van der Waals surface area contributed by atoms with Crippen molar-refractivity contribution in [2.45, 2.75) is 13.1 Å². The van der Waals surface area contributed by atoms with E-state index in [1.165, 1.54) is 22.5 Å². The highest BCUT2D eigenvalue weighted by molar-refractivity contribution is 5.95. The Bertz CT molecular complexity index is 839. The first-order valence-electron chi connectivity index (χ1n) is 8.90. The van der Waals surface area contributed by atoms with Crippen molar-refractivity contribution in [3.63, 3.8) is 0 Å². The lowest BCUT2D eigenvalue weighted by Gasteiger charge is -2.14. The molecule has 0 N–H and O–H groups in total. The van der Waals surface area contributed by atoms with Gasteiger partial charge in [0.25, 0.3) is 5.84 Å². The SMILES string of the molecule is c1ccc(CN2CC[N+](Cc3ccccc3)=C2c2ccccc2)cc1. The van der Waals surface area contributed by atoms with Gasteiger partial charge in [-0.1, -0.05) is 78.9 Å². The zero-order chi connectivity index (χ0) is 16.9. The van der Waals surface area contributed by atoms with E-state index in [0.29, 0.717) is 0 Å². The minimum atomic E-state index is 0.955. The first-order valence-corrected chi connectivity index (χ1v) is 8.90. The molecule has 0 aromatic heterocycles. The molecular formula is C23H23N2+. The summed E-state index contributed by atoms with van der Waals surface area (Å²) in [4.78, 5) is 2.51. The zero-order valence-corrected chi connectivity index (χ0v) is 14.4. The first-order chi connectivity index (χ1) is 12.4. The second-order valence-corrected chi connectivity index (χ2v) is 6.50. The average Bonchev–Trinajstić information content (AvgIpc) is 3.06. The van der Waals surface area contributed by atoms with Crippen molar-refractivity contribution in [3.8, 4) is 0 Å². The molecule has 0 unspecified atom stereocenters. The lowest BCUT2D eigenvalue weighted by atomic mass is 10.1. The van der Waals surface area contributed by atoms with Crippen LogP contribution in [0, 0.1) is 0 Å². The maximum Gasteiger partial charge on any atom is 0.280 e. The summed E-state index contributed by atoms with van der Waals surface area (Å²) < 4.78 is 2.51. The van der Waals surface area contributed by atoms with Crippen LogP contribution in [-0.4, -0.2) is 28.4 Å². The second kappa shape index (κ2) is 7.35. The second-order valence-electron chi connectivity index (χ2n) is 6.50. The average molecular weight is 327 g/mol. The number of nitrogens with zero attached hydrogens (tertiary/aromatic N) is 2. The molecule has 25 heavy (non-hydrogen) atoms. The number of benzene rings is 3. The van der Waals surface area contributed by atoms with Crippen molar-refractivity contribution in [3.05, 3.63) is 108 Å². The summed E-state index contributed by atoms with van der Waals surface area (Å²) in [5.41, 5.74) is 4.02. The van der Waals surface area contributed by atoms with E-state index in [1.54, 1.807) is 0 Å². The molecule has 0 saturated carbocycles. The van der Waals surface area contributed by atoms with Gasteiger partial charge in [-0.05, 0) is 23.3 Å². The van der Waals surface area contributed by atoms with Crippen molar-refractivity contribution < 1.29 is 4.58 Å². The summed E-state index contributed by atoms with van der Waals surface area (Å²) >= 11 is 0. The van der Waals surface area contributed by atoms with Gasteiger partial charge in [-0.15, -0.1) is 0 Å². The molecule has 3 aromatic carbocycles. The zero-order valence-electron chi connectivity index (χ0n) is 14.4. The molecule has 0 fully saturated rings. The van der Waals surface area contributed by atoms with Crippen LogP contribution in [0.5, 0.6) is 0 Å². The van der Waals surface area contributed by atoms with E-state index in [0.717, 1.165) is 26.2 Å². The minimum absolute atomic E-state index is 0.955. The van der Waals surface area contributed by atoms with Gasteiger partial charge >= 0.3 is 0 Å². The first kappa shape index (κ1) is 15.6. The van der Waals surface area contributed by atoms with Crippen LogP contribution in [0.1, 0.15) is 16.7 Å². The Morgan fingerprint density at radius 1 is 0.680 bits per heavy atom. The fourth-order valence-corrected chi connectivity index (χ4v) is 3.52. The molecule has 1 aliphatic heterocycles. The van der Waals surface area contributed by atoms with Gasteiger partial charge in [0.1, 0.15) is 26.2 Å². The summed E-state index contributed by atoms with van der Waals surface area (Å²) in [7, 11) is 0. The van der Waals surface area contributed by atoms with Crippen molar-refractivity contribution in [1.82, 2.24) is 4.90 Å². The quantitative estimate of drug-likeness (QED) is 0.638. The van der Waals surface area contributed by atoms with Crippen LogP contribution in [0.2, 0.25) is 0 Å². The molecule has 1 aliphatic rings. The normalized spacial score (nSPS) is 14.2. The fourth-order valence-electron chi connectivity index (χ4n) is 3.52. The third kappa shape index (κ3) is 3.63. The highest BCUT2D eigenvalue weighted by atomic mass is 15.3. The van der Waals surface area contributed by atoms with Gasteiger partial charge in [-0.2, -0.15) is 0 Å². The Morgan fingerprint density at radius 2 is 1.24 bits per heavy atom. The van der Waals surface area contributed by atoms with Crippen molar-refractivity contribution >= 4 is 5.84 Å². The van der Waals surface area contributed by atoms with E-state index in [9.17, 15) is 0 Å². The van der Waals surface area contributed by atoms with Gasteiger partial charge in [0, 0.05) is 0 Å². The van der Waals surface area contributed by atoms with E-state index in [-0.39, 0.29) is 0 Å². The number of rotatable bonds is 5. The Kier molecular flexibility index (Phi) is 4.60. The fraction of sp³-hybridized carbons (Fsp3) is 0.174. The molecule has 0 spiro atoms. The van der Waals surface area contributed by atoms with E-state index < -0.39 is 0 Å². The van der Waals surface area contributed by atoms with Crippen LogP contribution >= 0.6 is 0 Å². The predicted molar refractivity (Wildman–Crippen MR) is 103 cm³/mol. The number of hydrogen-bond acceptors (Lipinski definition) is 1. The Balaban J connectivity index is 1.68. The monoisotopic (exact) mass is 327 g/mol. The molecule has 0 atom stereocenters. The van der Waals surface area contributed by atoms with Gasteiger partial charge < -0.3 is 0 Å². The maximum atomic E-state index is 2.51. The van der Waals surface area contributed by atoms with E-state index in [2.05, 4.69) is 100 Å². The molecular weight excluding hydrogens is 304 g/mol. The molecule has 1 heterocycles. The third-order valence-electron chi connectivity index (χ3n) is 4.70. The molecule has 0 saturated heterocycles. The highest BCUT2D eigenvalue weighted by Crippen LogP contribution is 2.17. The smallest absolute Gasteiger partial charge is 0.253 e. The van der Waals surface area contributed by atoms with E-state index in [4.69, 9.17) is 0 Å². The number of amidine groups is 1. The van der Waals surface area contributed by atoms with Crippen LogP contribution in [0.25, 0.3) is 0 Å². The van der Waals surface area contributed by atoms with Crippen LogP contribution in [0.4, 0.5) is 0 Å². The Labute approximate surface area is 149 Å². The molecule has 3 aromatic rings. The van der Waals surface area contributed by atoms with Crippen molar-refractivity contribution in [1.29, 1.82) is 0 Å². The summed E-state index contributed by atoms with van der Waals surface area (Å²) in [5.74, 6) is 1.34. The predicted octanol–water partition coefficient (Wildman–Crippen LogP) is 4.16. The van der Waals surface area contributed by atoms with Gasteiger partial charge in [0.2, 0.25) is 0 Å². The molecule has 124 valence electrons. The minimum Gasteiger partial charge on any atom is -0.253 e. The topological polar surface area (TPSA) is 6.25 Å². The maximum absolute atomic E-state index is 2.51. The van der Waals surface area contributed by atoms with E-state index >= 15 is 0 Å². The summed E-state index contributed by atoms with van der Waals surface area (Å²) in [6.45, 7) is 4.03. The van der Waals surface area contributed by atoms with Crippen LogP contribution < -0.4 is 0 Å². The van der Waals surface area contributed by atoms with Gasteiger partial charge in [-0.25, -0.2) is 0 Å². The lowest BCUT2D eigenvalue weighted by Crippen LogP contribution is -2.30. The third-order valence-corrected chi connectivity index (χ3v) is 4.70. The molecule has 4 rings (SSSR count). The molecule has 0 amide bonds. The van der Waals surface area contributed by atoms with Crippen LogP contribution in [0.3, 0.4) is 0 Å². The summed E-state index contributed by atoms with van der Waals surface area (Å²) in [6, 6.07) is 32.3. The molecule has 0 aliphatic carbocycles. The van der Waals surface area contributed by atoms with Gasteiger partial charge in [0.05, 0.1) is 5.56 Å². The van der Waals surface area contributed by atoms with Gasteiger partial charge in [0.15, 0.2) is 0 Å². The standard InChI is InChI=1S/C23H23N2/c1-4-10-20(11-5-1)18-24-16-17-25(19-21-12-6-2-7-13-21)23(24)22-14-8-3-9-15-22/h1-15H,16-19H2/q+1. The summed E-state index contributed by atoms with van der Waals surface area (Å²) in [6.07, 6.45) is 0. The molecule has 2 nitrogen and oxygen atoms in total. The van der Waals surface area contributed by atoms with Crippen molar-refractivity contribution in [2.75, 3.05) is 13.1 Å². The van der Waals surface area contributed by atoms with Crippen LogP contribution in [0.15, 0.2) is 91.0 Å². The number of hydrogen-bond donors (Lipinski definition) is 0. The largest absolute Gasteiger partial charge is 0.280 e. The van der Waals surface area contributed by atoms with E-state index in [1.807, 2.05) is 0 Å². The van der Waals surface area contributed by atoms with Gasteiger partial charge in [-0.3, -0.25) is 9.48 Å².